The third-order valence-corrected chi connectivity index (χ3v) is 4.56. The number of halogens is 4. The van der Waals surface area contributed by atoms with Crippen LogP contribution in [0.2, 0.25) is 0 Å². The summed E-state index contributed by atoms with van der Waals surface area (Å²) in [7, 11) is 0. The quantitative estimate of drug-likeness (QED) is 0.516. The van der Waals surface area contributed by atoms with Crippen LogP contribution in [0, 0.1) is 18.8 Å². The second kappa shape index (κ2) is 5.10. The van der Waals surface area contributed by atoms with Gasteiger partial charge in [0.05, 0.1) is 20.3 Å². The Morgan fingerprint density at radius 3 is 2.50 bits per heavy atom. The molecular formula is C13H7F2I2N3. The Hall–Kier alpha value is -0.970. The summed E-state index contributed by atoms with van der Waals surface area (Å²) < 4.78 is 29.7. The Bertz CT molecular complexity index is 830. The second-order valence-corrected chi connectivity index (χ2v) is 6.48. The average molecular weight is 497 g/mol. The van der Waals surface area contributed by atoms with Crippen LogP contribution >= 0.6 is 45.2 Å². The monoisotopic (exact) mass is 497 g/mol. The molecule has 2 aromatic carbocycles. The first kappa shape index (κ1) is 14.0. The zero-order valence-electron chi connectivity index (χ0n) is 9.87. The number of rotatable bonds is 1. The average Bonchev–Trinajstić information content (AvgIpc) is 2.66. The molecule has 0 aliphatic rings. The lowest BCUT2D eigenvalue weighted by Gasteiger charge is -2.09. The van der Waals surface area contributed by atoms with Gasteiger partial charge in [-0.05, 0) is 69.4 Å². The normalized spacial score (nSPS) is 11.2. The fraction of sp³-hybridized carbons (Fsp3) is 0. The highest BCUT2D eigenvalue weighted by Gasteiger charge is 2.15. The first-order valence-corrected chi connectivity index (χ1v) is 7.71. The lowest BCUT2D eigenvalue weighted by molar-refractivity contribution is 0.621. The van der Waals surface area contributed by atoms with E-state index in [4.69, 9.17) is 5.73 Å². The number of imidazole rings is 1. The molecule has 0 saturated carbocycles. The number of anilines is 1. The summed E-state index contributed by atoms with van der Waals surface area (Å²) in [6.07, 6.45) is 0. The van der Waals surface area contributed by atoms with E-state index in [1.165, 1.54) is 18.2 Å². The lowest BCUT2D eigenvalue weighted by Crippen LogP contribution is -2.03. The van der Waals surface area contributed by atoms with Crippen molar-refractivity contribution in [1.82, 2.24) is 9.55 Å². The highest BCUT2D eigenvalue weighted by molar-refractivity contribution is 14.1. The molecule has 3 nitrogen and oxygen atoms in total. The number of hydrogen-bond donors (Lipinski definition) is 1. The van der Waals surface area contributed by atoms with Gasteiger partial charge >= 0.3 is 0 Å². The summed E-state index contributed by atoms with van der Waals surface area (Å²) in [6.45, 7) is 0. The Morgan fingerprint density at radius 1 is 1.05 bits per heavy atom. The topological polar surface area (TPSA) is 43.8 Å². The van der Waals surface area contributed by atoms with Crippen LogP contribution in [-0.4, -0.2) is 9.55 Å². The van der Waals surface area contributed by atoms with Gasteiger partial charge in [-0.2, -0.15) is 0 Å². The Morgan fingerprint density at radius 2 is 1.80 bits per heavy atom. The van der Waals surface area contributed by atoms with Crippen molar-refractivity contribution in [1.29, 1.82) is 0 Å². The summed E-state index contributed by atoms with van der Waals surface area (Å²) in [5.41, 5.74) is 7.76. The third kappa shape index (κ3) is 2.26. The molecule has 0 unspecified atom stereocenters. The molecule has 2 N–H and O–H groups in total. The lowest BCUT2D eigenvalue weighted by atomic mass is 10.2. The van der Waals surface area contributed by atoms with E-state index in [0.29, 0.717) is 23.9 Å². The van der Waals surface area contributed by atoms with E-state index in [0.717, 1.165) is 0 Å². The fourth-order valence-electron chi connectivity index (χ4n) is 2.01. The van der Waals surface area contributed by atoms with E-state index in [2.05, 4.69) is 4.98 Å². The van der Waals surface area contributed by atoms with Crippen molar-refractivity contribution >= 4 is 62.2 Å². The Balaban J connectivity index is 2.35. The van der Waals surface area contributed by atoms with Crippen LogP contribution in [0.5, 0.6) is 0 Å². The van der Waals surface area contributed by atoms with Gasteiger partial charge in [0, 0.05) is 9.64 Å². The second-order valence-electron chi connectivity index (χ2n) is 4.16. The van der Waals surface area contributed by atoms with E-state index in [9.17, 15) is 8.78 Å². The molecule has 3 aromatic rings. The van der Waals surface area contributed by atoms with Gasteiger partial charge in [0.25, 0.3) is 0 Å². The van der Waals surface area contributed by atoms with Crippen LogP contribution in [0.4, 0.5) is 14.7 Å². The van der Waals surface area contributed by atoms with Crippen LogP contribution in [0.15, 0.2) is 30.3 Å². The summed E-state index contributed by atoms with van der Waals surface area (Å²) in [5, 5.41) is 0. The molecule has 1 heterocycles. The summed E-state index contributed by atoms with van der Waals surface area (Å²) >= 11 is 3.92. The standard InChI is InChI=1S/C13H7F2I2N3/c14-6-1-2-11(9(17)3-6)20-12-4-7(15)8(16)5-10(12)19-13(20)18/h1-5H,(H2,18,19). The number of aromatic nitrogens is 2. The smallest absolute Gasteiger partial charge is 0.205 e. The zero-order chi connectivity index (χ0) is 14.4. The summed E-state index contributed by atoms with van der Waals surface area (Å²) in [6, 6.07) is 7.36. The van der Waals surface area contributed by atoms with Crippen molar-refractivity contribution in [2.45, 2.75) is 0 Å². The summed E-state index contributed by atoms with van der Waals surface area (Å²) in [4.78, 5) is 4.23. The molecule has 0 saturated heterocycles. The van der Waals surface area contributed by atoms with Gasteiger partial charge in [-0.25, -0.2) is 13.8 Å². The van der Waals surface area contributed by atoms with Gasteiger partial charge < -0.3 is 5.73 Å². The maximum atomic E-state index is 13.8. The maximum Gasteiger partial charge on any atom is 0.205 e. The molecule has 0 fully saturated rings. The molecule has 102 valence electrons. The van der Waals surface area contributed by atoms with Crippen molar-refractivity contribution in [2.75, 3.05) is 5.73 Å². The van der Waals surface area contributed by atoms with E-state index in [1.54, 1.807) is 16.7 Å². The van der Waals surface area contributed by atoms with E-state index < -0.39 is 0 Å². The van der Waals surface area contributed by atoms with Crippen molar-refractivity contribution < 1.29 is 8.78 Å². The molecule has 20 heavy (non-hydrogen) atoms. The zero-order valence-corrected chi connectivity index (χ0v) is 14.2. The van der Waals surface area contributed by atoms with Crippen molar-refractivity contribution in [3.63, 3.8) is 0 Å². The van der Waals surface area contributed by atoms with Crippen molar-refractivity contribution in [3.8, 4) is 5.69 Å². The molecule has 3 rings (SSSR count). The minimum absolute atomic E-state index is 0.242. The molecule has 0 radical (unpaired) electrons. The number of nitrogen functional groups attached to an aromatic ring is 1. The fourth-order valence-corrected chi connectivity index (χ4v) is 3.18. The van der Waals surface area contributed by atoms with Gasteiger partial charge in [0.15, 0.2) is 0 Å². The minimum atomic E-state index is -0.337. The van der Waals surface area contributed by atoms with E-state index in [1.807, 2.05) is 45.2 Å². The molecule has 0 bridgehead atoms. The molecule has 1 aromatic heterocycles. The maximum absolute atomic E-state index is 13.8. The molecule has 0 aliphatic heterocycles. The SMILES string of the molecule is Nc1nc2cc(I)c(F)cc2n1-c1ccc(F)cc1I. The van der Waals surface area contributed by atoms with Crippen LogP contribution in [0.3, 0.4) is 0 Å². The number of nitrogens with two attached hydrogens (primary N) is 1. The highest BCUT2D eigenvalue weighted by Crippen LogP contribution is 2.28. The minimum Gasteiger partial charge on any atom is -0.369 e. The predicted molar refractivity (Wildman–Crippen MR) is 90.8 cm³/mol. The summed E-state index contributed by atoms with van der Waals surface area (Å²) in [5.74, 6) is -0.427. The molecule has 7 heteroatoms. The van der Waals surface area contributed by atoms with Gasteiger partial charge in [-0.3, -0.25) is 4.57 Å². The molecule has 0 aliphatic carbocycles. The van der Waals surface area contributed by atoms with Crippen LogP contribution in [0.1, 0.15) is 0 Å². The van der Waals surface area contributed by atoms with E-state index in [-0.39, 0.29) is 17.6 Å². The third-order valence-electron chi connectivity index (χ3n) is 2.87. The van der Waals surface area contributed by atoms with Crippen LogP contribution < -0.4 is 5.73 Å². The first-order valence-electron chi connectivity index (χ1n) is 5.56. The largest absolute Gasteiger partial charge is 0.369 e. The number of benzene rings is 2. The van der Waals surface area contributed by atoms with Crippen molar-refractivity contribution in [3.05, 3.63) is 49.1 Å². The molecule has 0 atom stereocenters. The van der Waals surface area contributed by atoms with Crippen molar-refractivity contribution in [2.24, 2.45) is 0 Å². The number of fused-ring (bicyclic) bond motifs is 1. The van der Waals surface area contributed by atoms with Gasteiger partial charge in [-0.15, -0.1) is 0 Å². The highest BCUT2D eigenvalue weighted by atomic mass is 127. The van der Waals surface area contributed by atoms with Gasteiger partial charge in [-0.1, -0.05) is 0 Å². The number of nitrogens with zero attached hydrogens (tertiary/aromatic N) is 2. The Kier molecular flexibility index (Phi) is 3.56. The molecule has 0 amide bonds. The van der Waals surface area contributed by atoms with Crippen LogP contribution in [-0.2, 0) is 0 Å². The Labute approximate surface area is 140 Å². The van der Waals surface area contributed by atoms with E-state index >= 15 is 0 Å². The molecular weight excluding hydrogens is 490 g/mol. The van der Waals surface area contributed by atoms with Crippen LogP contribution in [0.25, 0.3) is 16.7 Å². The first-order chi connectivity index (χ1) is 9.47. The van der Waals surface area contributed by atoms with Gasteiger partial charge in [0.1, 0.15) is 11.6 Å². The number of hydrogen-bond acceptors (Lipinski definition) is 2. The van der Waals surface area contributed by atoms with Gasteiger partial charge in [0.2, 0.25) is 5.95 Å². The molecule has 0 spiro atoms. The predicted octanol–water partition coefficient (Wildman–Crippen LogP) is 4.10.